The lowest BCUT2D eigenvalue weighted by Gasteiger charge is -2.33. The highest BCUT2D eigenvalue weighted by molar-refractivity contribution is 7.81. The lowest BCUT2D eigenvalue weighted by molar-refractivity contribution is -0.138. The standard InChI is InChI=1S/C18H15F3N4OS/c1-17(2)15(26)24(16(27)25(17)11-6-4-3-5-7-11)12-8-13(18(19,20)21)14(9-22)23-10-12/h3-8,10,16,27H,1-2H3. The van der Waals surface area contributed by atoms with Crippen LogP contribution in [0.15, 0.2) is 42.6 Å². The van der Waals surface area contributed by atoms with Crippen LogP contribution in [0.25, 0.3) is 0 Å². The van der Waals surface area contributed by atoms with Crippen LogP contribution < -0.4 is 9.80 Å². The molecule has 0 spiro atoms. The van der Waals surface area contributed by atoms with Crippen molar-refractivity contribution in [3.8, 4) is 6.07 Å². The summed E-state index contributed by atoms with van der Waals surface area (Å²) in [5, 5.41) is 8.90. The van der Waals surface area contributed by atoms with Crippen LogP contribution in [-0.2, 0) is 11.0 Å². The van der Waals surface area contributed by atoms with Crippen molar-refractivity contribution in [2.75, 3.05) is 9.80 Å². The van der Waals surface area contributed by atoms with Gasteiger partial charge in [-0.05, 0) is 32.0 Å². The van der Waals surface area contributed by atoms with Crippen LogP contribution in [-0.4, -0.2) is 21.9 Å². The first-order valence-corrected chi connectivity index (χ1v) is 8.44. The van der Waals surface area contributed by atoms with Gasteiger partial charge in [0.2, 0.25) is 0 Å². The highest BCUT2D eigenvalue weighted by Crippen LogP contribution is 2.41. The van der Waals surface area contributed by atoms with Crippen molar-refractivity contribution >= 4 is 29.9 Å². The molecule has 3 rings (SSSR count). The predicted octanol–water partition coefficient (Wildman–Crippen LogP) is 3.82. The molecule has 5 nitrogen and oxygen atoms in total. The first-order chi connectivity index (χ1) is 12.6. The molecule has 1 unspecified atom stereocenters. The van der Waals surface area contributed by atoms with Crippen molar-refractivity contribution < 1.29 is 18.0 Å². The second-order valence-electron chi connectivity index (χ2n) is 6.49. The first-order valence-electron chi connectivity index (χ1n) is 7.92. The summed E-state index contributed by atoms with van der Waals surface area (Å²) < 4.78 is 39.8. The molecule has 1 aromatic heterocycles. The van der Waals surface area contributed by atoms with Gasteiger partial charge in [0.15, 0.2) is 11.2 Å². The molecule has 2 heterocycles. The molecule has 1 aromatic carbocycles. The molecule has 1 saturated heterocycles. The molecule has 1 fully saturated rings. The maximum absolute atomic E-state index is 13.3. The molecule has 0 radical (unpaired) electrons. The molecule has 0 saturated carbocycles. The minimum absolute atomic E-state index is 0.0715. The van der Waals surface area contributed by atoms with E-state index in [9.17, 15) is 18.0 Å². The Hall–Kier alpha value is -2.73. The number of benzene rings is 1. The largest absolute Gasteiger partial charge is 0.419 e. The molecular weight excluding hydrogens is 377 g/mol. The smallest absolute Gasteiger partial charge is 0.328 e. The van der Waals surface area contributed by atoms with E-state index in [4.69, 9.17) is 5.26 Å². The normalized spacial score (nSPS) is 19.3. The summed E-state index contributed by atoms with van der Waals surface area (Å²) >= 11 is 4.49. The van der Waals surface area contributed by atoms with E-state index in [1.165, 1.54) is 6.07 Å². The summed E-state index contributed by atoms with van der Waals surface area (Å²) in [4.78, 5) is 19.5. The number of aromatic nitrogens is 1. The van der Waals surface area contributed by atoms with Gasteiger partial charge in [-0.3, -0.25) is 9.69 Å². The van der Waals surface area contributed by atoms with E-state index in [0.29, 0.717) is 5.69 Å². The summed E-state index contributed by atoms with van der Waals surface area (Å²) in [6.07, 6.45) is -3.68. The molecule has 1 aliphatic rings. The van der Waals surface area contributed by atoms with Crippen LogP contribution in [0.4, 0.5) is 24.5 Å². The van der Waals surface area contributed by atoms with Crippen LogP contribution in [0, 0.1) is 11.3 Å². The minimum Gasteiger partial charge on any atom is -0.328 e. The van der Waals surface area contributed by atoms with Gasteiger partial charge >= 0.3 is 6.18 Å². The van der Waals surface area contributed by atoms with Crippen LogP contribution >= 0.6 is 12.6 Å². The average Bonchev–Trinajstić information content (AvgIpc) is 2.79. The van der Waals surface area contributed by atoms with Crippen molar-refractivity contribution in [1.82, 2.24) is 4.98 Å². The number of carbonyl (C=O) groups is 1. The number of nitriles is 1. The van der Waals surface area contributed by atoms with Gasteiger partial charge in [-0.25, -0.2) is 4.98 Å². The van der Waals surface area contributed by atoms with Gasteiger partial charge in [-0.15, -0.1) is 12.6 Å². The third-order valence-electron chi connectivity index (χ3n) is 4.40. The van der Waals surface area contributed by atoms with E-state index in [1.807, 2.05) is 6.07 Å². The number of nitrogens with zero attached hydrogens (tertiary/aromatic N) is 4. The van der Waals surface area contributed by atoms with E-state index in [-0.39, 0.29) is 5.69 Å². The number of pyridine rings is 1. The second kappa shape index (κ2) is 6.46. The van der Waals surface area contributed by atoms with Gasteiger partial charge in [-0.1, -0.05) is 18.2 Å². The fraction of sp³-hybridized carbons (Fsp3) is 0.278. The van der Waals surface area contributed by atoms with Crippen molar-refractivity contribution in [2.24, 2.45) is 0 Å². The lowest BCUT2D eigenvalue weighted by atomic mass is 10.0. The predicted molar refractivity (Wildman–Crippen MR) is 97.2 cm³/mol. The highest BCUT2D eigenvalue weighted by atomic mass is 32.1. The van der Waals surface area contributed by atoms with Crippen molar-refractivity contribution in [3.63, 3.8) is 0 Å². The van der Waals surface area contributed by atoms with Crippen molar-refractivity contribution in [3.05, 3.63) is 53.9 Å². The van der Waals surface area contributed by atoms with Gasteiger partial charge < -0.3 is 4.90 Å². The van der Waals surface area contributed by atoms with Crippen LogP contribution in [0.1, 0.15) is 25.1 Å². The number of hydrogen-bond acceptors (Lipinski definition) is 5. The number of halogens is 3. The zero-order chi connectivity index (χ0) is 20.0. The molecule has 2 aromatic rings. The minimum atomic E-state index is -4.77. The molecule has 9 heteroatoms. The van der Waals surface area contributed by atoms with Gasteiger partial charge in [0.05, 0.1) is 17.4 Å². The Kier molecular flexibility index (Phi) is 4.56. The SMILES string of the molecule is CC1(C)C(=O)N(c2cnc(C#N)c(C(F)(F)F)c2)C(S)N1c1ccccc1. The zero-order valence-electron chi connectivity index (χ0n) is 14.4. The van der Waals surface area contributed by atoms with E-state index >= 15 is 0 Å². The number of rotatable bonds is 2. The molecule has 140 valence electrons. The summed E-state index contributed by atoms with van der Waals surface area (Å²) in [7, 11) is 0. The lowest BCUT2D eigenvalue weighted by Crippen LogP contribution is -2.44. The third kappa shape index (κ3) is 3.10. The Morgan fingerprint density at radius 2 is 1.85 bits per heavy atom. The molecule has 1 aliphatic heterocycles. The number of para-hydroxylation sites is 1. The van der Waals surface area contributed by atoms with Gasteiger partial charge in [0.25, 0.3) is 5.91 Å². The summed E-state index contributed by atoms with van der Waals surface area (Å²) in [5.74, 6) is -0.425. The number of carbonyl (C=O) groups excluding carboxylic acids is 1. The third-order valence-corrected chi connectivity index (χ3v) is 4.87. The number of thiol groups is 1. The summed E-state index contributed by atoms with van der Waals surface area (Å²) in [6, 6.07) is 11.2. The van der Waals surface area contributed by atoms with Crippen molar-refractivity contribution in [1.29, 1.82) is 5.26 Å². The van der Waals surface area contributed by atoms with Gasteiger partial charge in [0.1, 0.15) is 11.6 Å². The average molecular weight is 392 g/mol. The zero-order valence-corrected chi connectivity index (χ0v) is 15.3. The number of amides is 1. The number of alkyl halides is 3. The van der Waals surface area contributed by atoms with Crippen LogP contribution in [0.2, 0.25) is 0 Å². The molecule has 1 amide bonds. The van der Waals surface area contributed by atoms with Gasteiger partial charge in [-0.2, -0.15) is 18.4 Å². The summed E-state index contributed by atoms with van der Waals surface area (Å²) in [5.41, 5.74) is -3.18. The Bertz CT molecular complexity index is 924. The molecule has 0 N–H and O–H groups in total. The summed E-state index contributed by atoms with van der Waals surface area (Å²) in [6.45, 7) is 3.35. The Labute approximate surface area is 159 Å². The second-order valence-corrected chi connectivity index (χ2v) is 6.95. The molecule has 0 aliphatic carbocycles. The topological polar surface area (TPSA) is 60.2 Å². The number of anilines is 2. The first kappa shape index (κ1) is 19.0. The van der Waals surface area contributed by atoms with Gasteiger partial charge in [0, 0.05) is 5.69 Å². The Morgan fingerprint density at radius 3 is 2.41 bits per heavy atom. The highest BCUT2D eigenvalue weighted by Gasteiger charge is 2.51. The Balaban J connectivity index is 2.11. The van der Waals surface area contributed by atoms with E-state index in [1.54, 1.807) is 43.0 Å². The maximum Gasteiger partial charge on any atom is 0.419 e. The fourth-order valence-corrected chi connectivity index (χ4v) is 3.75. The van der Waals surface area contributed by atoms with Crippen LogP contribution in [0.3, 0.4) is 0 Å². The van der Waals surface area contributed by atoms with E-state index in [0.717, 1.165) is 17.2 Å². The number of hydrogen-bond donors (Lipinski definition) is 1. The molecule has 0 bridgehead atoms. The van der Waals surface area contributed by atoms with E-state index in [2.05, 4.69) is 17.6 Å². The van der Waals surface area contributed by atoms with Crippen LogP contribution in [0.5, 0.6) is 0 Å². The Morgan fingerprint density at radius 1 is 1.22 bits per heavy atom. The monoisotopic (exact) mass is 392 g/mol. The molecule has 27 heavy (non-hydrogen) atoms. The molecular formula is C18H15F3N4OS. The van der Waals surface area contributed by atoms with E-state index < -0.39 is 34.4 Å². The fourth-order valence-electron chi connectivity index (χ4n) is 3.09. The molecule has 1 atom stereocenters. The quantitative estimate of drug-likeness (QED) is 0.790. The van der Waals surface area contributed by atoms with Crippen molar-refractivity contribution in [2.45, 2.75) is 31.1 Å². The maximum atomic E-state index is 13.3.